The number of nitrogen functional groups attached to an aromatic ring is 1. The predicted molar refractivity (Wildman–Crippen MR) is 119 cm³/mol. The van der Waals surface area contributed by atoms with Gasteiger partial charge in [-0.15, -0.1) is 0 Å². The Morgan fingerprint density at radius 2 is 1.97 bits per heavy atom. The second kappa shape index (κ2) is 11.4. The van der Waals surface area contributed by atoms with Crippen molar-refractivity contribution in [1.29, 1.82) is 0 Å². The first kappa shape index (κ1) is 23.5. The van der Waals surface area contributed by atoms with Crippen molar-refractivity contribution in [3.63, 3.8) is 0 Å². The molecule has 0 aliphatic carbocycles. The number of nitrogens with one attached hydrogen (secondary N) is 1. The van der Waals surface area contributed by atoms with Gasteiger partial charge in [-0.2, -0.15) is 0 Å². The number of carbonyl (C=O) groups excluding carboxylic acids is 2. The van der Waals surface area contributed by atoms with Gasteiger partial charge in [0.2, 0.25) is 0 Å². The number of esters is 1. The van der Waals surface area contributed by atoms with E-state index >= 15 is 0 Å². The van der Waals surface area contributed by atoms with Gasteiger partial charge in [0.25, 0.3) is 5.91 Å². The van der Waals surface area contributed by atoms with Gasteiger partial charge in [-0.05, 0) is 49.7 Å². The van der Waals surface area contributed by atoms with Gasteiger partial charge in [-0.3, -0.25) is 9.59 Å². The molecule has 0 heterocycles. The van der Waals surface area contributed by atoms with E-state index in [2.05, 4.69) is 12.2 Å². The molecule has 0 spiro atoms. The number of nitrogens with zero attached hydrogens (tertiary/aromatic N) is 1. The molecule has 1 amide bonds. The fourth-order valence-corrected chi connectivity index (χ4v) is 3.02. The van der Waals surface area contributed by atoms with Gasteiger partial charge in [0.1, 0.15) is 5.82 Å². The summed E-state index contributed by atoms with van der Waals surface area (Å²) in [5.74, 6) is -1.41. The lowest BCUT2D eigenvalue weighted by molar-refractivity contribution is -0.142. The molecule has 0 fully saturated rings. The number of amides is 1. The zero-order chi connectivity index (χ0) is 22.1. The van der Waals surface area contributed by atoms with Crippen LogP contribution < -0.4 is 16.0 Å². The highest BCUT2D eigenvalue weighted by molar-refractivity contribution is 6.31. The molecule has 0 saturated heterocycles. The van der Waals surface area contributed by atoms with Crippen molar-refractivity contribution >= 4 is 40.5 Å². The molecule has 6 nitrogen and oxygen atoms in total. The van der Waals surface area contributed by atoms with Gasteiger partial charge in [-0.1, -0.05) is 24.9 Å². The number of hydrogen-bond donors (Lipinski definition) is 2. The van der Waals surface area contributed by atoms with Crippen LogP contribution in [0.4, 0.5) is 21.5 Å². The minimum absolute atomic E-state index is 0.0132. The Balaban J connectivity index is 2.27. The first-order valence-corrected chi connectivity index (χ1v) is 10.3. The van der Waals surface area contributed by atoms with Gasteiger partial charge < -0.3 is 20.7 Å². The molecule has 162 valence electrons. The van der Waals surface area contributed by atoms with Crippen molar-refractivity contribution in [2.75, 3.05) is 35.6 Å². The number of hydrogen-bond acceptors (Lipinski definition) is 5. The number of halogens is 2. The Labute approximate surface area is 181 Å². The zero-order valence-electron chi connectivity index (χ0n) is 17.2. The molecule has 0 radical (unpaired) electrons. The maximum Gasteiger partial charge on any atom is 0.307 e. The molecule has 2 aromatic rings. The number of carbonyl (C=O) groups is 2. The Morgan fingerprint density at radius 3 is 2.60 bits per heavy atom. The van der Waals surface area contributed by atoms with Gasteiger partial charge in [-0.25, -0.2) is 4.39 Å². The molecule has 0 aliphatic heterocycles. The SMILES string of the molecule is CCCCNc1ccc(C(=O)N(CCC(=O)OCC)c2ccc(F)c(Cl)c2)cc1N. The number of ether oxygens (including phenoxy) is 1. The summed E-state index contributed by atoms with van der Waals surface area (Å²) in [5, 5.41) is 3.12. The topological polar surface area (TPSA) is 84.7 Å². The smallest absolute Gasteiger partial charge is 0.307 e. The molecule has 0 atom stereocenters. The molecule has 30 heavy (non-hydrogen) atoms. The van der Waals surface area contributed by atoms with Crippen LogP contribution >= 0.6 is 11.6 Å². The van der Waals surface area contributed by atoms with Crippen LogP contribution in [0.2, 0.25) is 5.02 Å². The third-order valence-electron chi connectivity index (χ3n) is 4.45. The van der Waals surface area contributed by atoms with E-state index in [1.165, 1.54) is 23.1 Å². The minimum atomic E-state index is -0.593. The van der Waals surface area contributed by atoms with Crippen LogP contribution in [0.1, 0.15) is 43.5 Å². The molecule has 2 rings (SSSR count). The lowest BCUT2D eigenvalue weighted by Crippen LogP contribution is -2.33. The Bertz CT molecular complexity index is 892. The molecule has 0 saturated carbocycles. The zero-order valence-corrected chi connectivity index (χ0v) is 18.0. The van der Waals surface area contributed by atoms with Crippen LogP contribution in [-0.4, -0.2) is 31.6 Å². The summed E-state index contributed by atoms with van der Waals surface area (Å²) >= 11 is 5.89. The largest absolute Gasteiger partial charge is 0.466 e. The van der Waals surface area contributed by atoms with Crippen LogP contribution in [-0.2, 0) is 9.53 Å². The first-order valence-electron chi connectivity index (χ1n) is 9.93. The monoisotopic (exact) mass is 435 g/mol. The van der Waals surface area contributed by atoms with E-state index in [1.807, 2.05) is 0 Å². The lowest BCUT2D eigenvalue weighted by atomic mass is 10.1. The molecular weight excluding hydrogens is 409 g/mol. The van der Waals surface area contributed by atoms with Gasteiger partial charge >= 0.3 is 5.97 Å². The molecule has 2 aromatic carbocycles. The van der Waals surface area contributed by atoms with Crippen molar-refractivity contribution in [2.45, 2.75) is 33.1 Å². The quantitative estimate of drug-likeness (QED) is 0.316. The molecule has 3 N–H and O–H groups in total. The third-order valence-corrected chi connectivity index (χ3v) is 4.74. The van der Waals surface area contributed by atoms with Crippen LogP contribution in [0.25, 0.3) is 0 Å². The normalized spacial score (nSPS) is 10.5. The number of anilines is 3. The fourth-order valence-electron chi connectivity index (χ4n) is 2.85. The Hall–Kier alpha value is -2.80. The second-order valence-corrected chi connectivity index (χ2v) is 7.10. The Kier molecular flexibility index (Phi) is 8.92. The van der Waals surface area contributed by atoms with Crippen molar-refractivity contribution in [2.24, 2.45) is 0 Å². The summed E-state index contributed by atoms with van der Waals surface area (Å²) in [6.07, 6.45) is 2.05. The van der Waals surface area contributed by atoms with E-state index in [-0.39, 0.29) is 30.5 Å². The number of unbranched alkanes of at least 4 members (excludes halogenated alkanes) is 1. The molecule has 0 aromatic heterocycles. The highest BCUT2D eigenvalue weighted by Gasteiger charge is 2.21. The maximum absolute atomic E-state index is 13.6. The standard InChI is InChI=1S/C22H27ClFN3O3/c1-3-5-11-26-20-9-6-15(13-19(20)25)22(29)27(12-10-21(28)30-4-2)16-7-8-18(24)17(23)14-16/h6-9,13-14,26H,3-5,10-12,25H2,1-2H3. The third kappa shape index (κ3) is 6.35. The highest BCUT2D eigenvalue weighted by Crippen LogP contribution is 2.26. The summed E-state index contributed by atoms with van der Waals surface area (Å²) in [6.45, 7) is 4.89. The van der Waals surface area contributed by atoms with E-state index in [1.54, 1.807) is 25.1 Å². The molecule has 8 heteroatoms. The summed E-state index contributed by atoms with van der Waals surface area (Å²) in [6, 6.07) is 8.96. The minimum Gasteiger partial charge on any atom is -0.466 e. The summed E-state index contributed by atoms with van der Waals surface area (Å²) < 4.78 is 18.5. The number of benzene rings is 2. The van der Waals surface area contributed by atoms with Crippen LogP contribution in [0.3, 0.4) is 0 Å². The molecule has 0 unspecified atom stereocenters. The molecular formula is C22H27ClFN3O3. The van der Waals surface area contributed by atoms with E-state index in [0.717, 1.165) is 25.1 Å². The van der Waals surface area contributed by atoms with Gasteiger partial charge in [0.15, 0.2) is 0 Å². The van der Waals surface area contributed by atoms with Crippen molar-refractivity contribution < 1.29 is 18.7 Å². The first-order chi connectivity index (χ1) is 14.4. The summed E-state index contributed by atoms with van der Waals surface area (Å²) in [5.41, 5.74) is 8.02. The van der Waals surface area contributed by atoms with Crippen molar-refractivity contribution in [3.05, 3.63) is 52.8 Å². The predicted octanol–water partition coefficient (Wildman–Crippen LogP) is 4.87. The van der Waals surface area contributed by atoms with Crippen LogP contribution in [0.15, 0.2) is 36.4 Å². The molecule has 0 aliphatic rings. The molecule has 0 bridgehead atoms. The second-order valence-electron chi connectivity index (χ2n) is 6.69. The number of rotatable bonds is 10. The highest BCUT2D eigenvalue weighted by atomic mass is 35.5. The summed E-state index contributed by atoms with van der Waals surface area (Å²) in [4.78, 5) is 26.4. The average Bonchev–Trinajstić information content (AvgIpc) is 2.72. The van der Waals surface area contributed by atoms with Gasteiger partial charge in [0, 0.05) is 24.3 Å². The van der Waals surface area contributed by atoms with Gasteiger partial charge in [0.05, 0.1) is 29.4 Å². The van der Waals surface area contributed by atoms with Crippen molar-refractivity contribution in [1.82, 2.24) is 0 Å². The lowest BCUT2D eigenvalue weighted by Gasteiger charge is -2.23. The van der Waals surface area contributed by atoms with E-state index in [0.29, 0.717) is 16.9 Å². The summed E-state index contributed by atoms with van der Waals surface area (Å²) in [7, 11) is 0. The van der Waals surface area contributed by atoms with E-state index in [9.17, 15) is 14.0 Å². The number of nitrogens with two attached hydrogens (primary N) is 1. The maximum atomic E-state index is 13.6. The fraction of sp³-hybridized carbons (Fsp3) is 0.364. The van der Waals surface area contributed by atoms with Crippen LogP contribution in [0, 0.1) is 5.82 Å². The Morgan fingerprint density at radius 1 is 1.20 bits per heavy atom. The van der Waals surface area contributed by atoms with Crippen LogP contribution in [0.5, 0.6) is 0 Å². The average molecular weight is 436 g/mol. The van der Waals surface area contributed by atoms with Crippen molar-refractivity contribution in [3.8, 4) is 0 Å². The van der Waals surface area contributed by atoms with E-state index in [4.69, 9.17) is 22.1 Å². The van der Waals surface area contributed by atoms with E-state index < -0.39 is 11.8 Å².